The van der Waals surface area contributed by atoms with Crippen molar-refractivity contribution in [3.8, 4) is 0 Å². The van der Waals surface area contributed by atoms with Crippen LogP contribution in [-0.4, -0.2) is 58.6 Å². The van der Waals surface area contributed by atoms with E-state index < -0.39 is 40.8 Å². The summed E-state index contributed by atoms with van der Waals surface area (Å²) in [5.74, 6) is -1.69. The minimum absolute atomic E-state index is 0.156. The zero-order valence-corrected chi connectivity index (χ0v) is 19.2. The molecule has 1 heterocycles. The van der Waals surface area contributed by atoms with Crippen molar-refractivity contribution < 1.29 is 24.1 Å². The number of urea groups is 1. The number of rotatable bonds is 7. The van der Waals surface area contributed by atoms with Crippen molar-refractivity contribution in [1.82, 2.24) is 15.1 Å². The normalized spacial score (nSPS) is 17.4. The number of benzene rings is 2. The lowest BCUT2D eigenvalue weighted by Gasteiger charge is -2.23. The van der Waals surface area contributed by atoms with Crippen LogP contribution in [0.4, 0.5) is 16.2 Å². The number of likely N-dealkylation sites (N-methyl/N-ethyl adjacent to an activating group) is 1. The molecule has 3 rings (SSSR count). The number of nitrogens with zero attached hydrogens (tertiary/aromatic N) is 3. The Morgan fingerprint density at radius 2 is 1.71 bits per heavy atom. The number of para-hydroxylation sites is 1. The molecule has 11 heteroatoms. The molecule has 2 N–H and O–H groups in total. The molecule has 1 aliphatic rings. The van der Waals surface area contributed by atoms with E-state index in [1.54, 1.807) is 0 Å². The third kappa shape index (κ3) is 4.72. The number of nitro benzene ring substituents is 1. The molecule has 0 aromatic heterocycles. The van der Waals surface area contributed by atoms with Crippen molar-refractivity contribution >= 4 is 35.1 Å². The predicted octanol–water partition coefficient (Wildman–Crippen LogP) is 2.08. The molecule has 0 radical (unpaired) electrons. The summed E-state index contributed by atoms with van der Waals surface area (Å²) in [7, 11) is 1.40. The summed E-state index contributed by atoms with van der Waals surface area (Å²) < 4.78 is 0. The van der Waals surface area contributed by atoms with E-state index in [9.17, 15) is 29.3 Å². The van der Waals surface area contributed by atoms with E-state index in [0.29, 0.717) is 11.3 Å². The third-order valence-corrected chi connectivity index (χ3v) is 5.78. The highest BCUT2D eigenvalue weighted by Crippen LogP contribution is 2.30. The largest absolute Gasteiger partial charge is 0.335 e. The summed E-state index contributed by atoms with van der Waals surface area (Å²) in [4.78, 5) is 62.8. The number of nitrogens with one attached hydrogen (secondary N) is 2. The number of non-ortho nitro benzene ring substituents is 1. The highest BCUT2D eigenvalue weighted by atomic mass is 16.6. The van der Waals surface area contributed by atoms with Gasteiger partial charge >= 0.3 is 6.03 Å². The van der Waals surface area contributed by atoms with Crippen molar-refractivity contribution in [3.05, 3.63) is 69.3 Å². The number of hydrogen-bond donors (Lipinski definition) is 2. The maximum atomic E-state index is 13.0. The fraction of sp³-hybridized carbons (Fsp3) is 0.304. The van der Waals surface area contributed by atoms with Gasteiger partial charge in [-0.05, 0) is 49.6 Å². The average molecular weight is 467 g/mol. The summed E-state index contributed by atoms with van der Waals surface area (Å²) in [5.41, 5.74) is 1.13. The first kappa shape index (κ1) is 24.4. The lowest BCUT2D eigenvalue weighted by atomic mass is 9.92. The van der Waals surface area contributed by atoms with Gasteiger partial charge in [0.15, 0.2) is 0 Å². The van der Waals surface area contributed by atoms with Gasteiger partial charge in [-0.25, -0.2) is 4.79 Å². The molecular weight excluding hydrogens is 442 g/mol. The molecule has 5 amide bonds. The van der Waals surface area contributed by atoms with Gasteiger partial charge in [-0.1, -0.05) is 18.2 Å². The first-order valence-electron chi connectivity index (χ1n) is 10.4. The van der Waals surface area contributed by atoms with Crippen molar-refractivity contribution in [2.75, 3.05) is 25.5 Å². The van der Waals surface area contributed by atoms with E-state index in [-0.39, 0.29) is 12.2 Å². The van der Waals surface area contributed by atoms with E-state index in [4.69, 9.17) is 0 Å². The van der Waals surface area contributed by atoms with Gasteiger partial charge in [-0.15, -0.1) is 0 Å². The summed E-state index contributed by atoms with van der Waals surface area (Å²) >= 11 is 0. The number of hydrogen-bond acceptors (Lipinski definition) is 6. The van der Waals surface area contributed by atoms with E-state index in [1.807, 2.05) is 32.0 Å². The Labute approximate surface area is 195 Å². The first-order chi connectivity index (χ1) is 15.9. The number of imide groups is 1. The van der Waals surface area contributed by atoms with Crippen LogP contribution in [0.5, 0.6) is 0 Å². The van der Waals surface area contributed by atoms with Crippen LogP contribution >= 0.6 is 0 Å². The molecular formula is C23H25N5O6. The topological polar surface area (TPSA) is 142 Å². The van der Waals surface area contributed by atoms with Crippen LogP contribution in [0.3, 0.4) is 0 Å². The molecule has 1 aliphatic heterocycles. The van der Waals surface area contributed by atoms with Crippen molar-refractivity contribution in [1.29, 1.82) is 0 Å². The monoisotopic (exact) mass is 467 g/mol. The van der Waals surface area contributed by atoms with Crippen molar-refractivity contribution in [3.63, 3.8) is 0 Å². The fourth-order valence-electron chi connectivity index (χ4n) is 3.70. The summed E-state index contributed by atoms with van der Waals surface area (Å²) in [6.45, 7) is 4.35. The lowest BCUT2D eigenvalue weighted by Crippen LogP contribution is -2.45. The molecule has 1 saturated heterocycles. The lowest BCUT2D eigenvalue weighted by molar-refractivity contribution is -0.384. The van der Waals surface area contributed by atoms with E-state index in [0.717, 1.165) is 20.9 Å². The van der Waals surface area contributed by atoms with Gasteiger partial charge in [0.05, 0.1) is 11.5 Å². The van der Waals surface area contributed by atoms with Gasteiger partial charge in [0, 0.05) is 24.9 Å². The summed E-state index contributed by atoms with van der Waals surface area (Å²) in [6.07, 6.45) is 0. The highest BCUT2D eigenvalue weighted by Gasteiger charge is 2.49. The molecule has 34 heavy (non-hydrogen) atoms. The zero-order chi connectivity index (χ0) is 25.2. The number of carbonyl (C=O) groups is 4. The Balaban J connectivity index is 1.65. The maximum absolute atomic E-state index is 13.0. The van der Waals surface area contributed by atoms with Gasteiger partial charge in [-0.2, -0.15) is 0 Å². The Morgan fingerprint density at radius 1 is 1.12 bits per heavy atom. The minimum Gasteiger partial charge on any atom is -0.335 e. The zero-order valence-electron chi connectivity index (χ0n) is 19.2. The molecule has 1 fully saturated rings. The highest BCUT2D eigenvalue weighted by molar-refractivity contribution is 6.09. The second-order valence-corrected chi connectivity index (χ2v) is 8.32. The standard InChI is InChI=1S/C23H25N5O6/c1-14-6-5-7-15(2)20(14)24-18(29)12-26(4)19(30)13-27-21(31)23(3,25-22(27)32)16-8-10-17(11-9-16)28(33)34/h5-11H,12-13H2,1-4H3,(H,24,29)(H,25,32). The van der Waals surface area contributed by atoms with Crippen LogP contribution in [-0.2, 0) is 19.9 Å². The molecule has 0 saturated carbocycles. The number of amides is 5. The first-order valence-corrected chi connectivity index (χ1v) is 10.4. The van der Waals surface area contributed by atoms with Crippen molar-refractivity contribution in [2.24, 2.45) is 0 Å². The van der Waals surface area contributed by atoms with E-state index >= 15 is 0 Å². The fourth-order valence-corrected chi connectivity index (χ4v) is 3.70. The molecule has 2 aromatic rings. The second kappa shape index (κ2) is 9.30. The number of nitro groups is 1. The van der Waals surface area contributed by atoms with Crippen LogP contribution in [0.1, 0.15) is 23.6 Å². The third-order valence-electron chi connectivity index (χ3n) is 5.78. The van der Waals surface area contributed by atoms with Crippen LogP contribution in [0.15, 0.2) is 42.5 Å². The average Bonchev–Trinajstić information content (AvgIpc) is 3.00. The Kier molecular flexibility index (Phi) is 6.66. The van der Waals surface area contributed by atoms with Gasteiger partial charge in [-0.3, -0.25) is 29.4 Å². The number of carbonyl (C=O) groups excluding carboxylic acids is 4. The van der Waals surface area contributed by atoms with Crippen LogP contribution < -0.4 is 10.6 Å². The Morgan fingerprint density at radius 3 is 2.26 bits per heavy atom. The van der Waals surface area contributed by atoms with Crippen LogP contribution in [0.25, 0.3) is 0 Å². The Hall–Kier alpha value is -4.28. The van der Waals surface area contributed by atoms with E-state index in [1.165, 1.54) is 38.2 Å². The van der Waals surface area contributed by atoms with Gasteiger partial charge < -0.3 is 15.5 Å². The van der Waals surface area contributed by atoms with E-state index in [2.05, 4.69) is 10.6 Å². The van der Waals surface area contributed by atoms with Crippen LogP contribution in [0, 0.1) is 24.0 Å². The molecule has 0 bridgehead atoms. The molecule has 0 spiro atoms. The maximum Gasteiger partial charge on any atom is 0.325 e. The molecule has 11 nitrogen and oxygen atoms in total. The van der Waals surface area contributed by atoms with Crippen LogP contribution in [0.2, 0.25) is 0 Å². The quantitative estimate of drug-likeness (QED) is 0.363. The molecule has 1 unspecified atom stereocenters. The predicted molar refractivity (Wildman–Crippen MR) is 123 cm³/mol. The smallest absolute Gasteiger partial charge is 0.325 e. The minimum atomic E-state index is -1.48. The van der Waals surface area contributed by atoms with Gasteiger partial charge in [0.25, 0.3) is 11.6 Å². The van der Waals surface area contributed by atoms with Gasteiger partial charge in [0.1, 0.15) is 12.1 Å². The molecule has 2 aromatic carbocycles. The van der Waals surface area contributed by atoms with Gasteiger partial charge in [0.2, 0.25) is 11.8 Å². The summed E-state index contributed by atoms with van der Waals surface area (Å²) in [5, 5.41) is 16.2. The number of aryl methyl sites for hydroxylation is 2. The molecule has 1 atom stereocenters. The molecule has 178 valence electrons. The SMILES string of the molecule is Cc1cccc(C)c1NC(=O)CN(C)C(=O)CN1C(=O)NC(C)(c2ccc([N+](=O)[O-])cc2)C1=O. The van der Waals surface area contributed by atoms with Crippen molar-refractivity contribution in [2.45, 2.75) is 26.3 Å². The molecule has 0 aliphatic carbocycles. The second-order valence-electron chi connectivity index (χ2n) is 8.32. The number of anilines is 1. The Bertz CT molecular complexity index is 1160. The summed E-state index contributed by atoms with van der Waals surface area (Å²) in [6, 6.07) is 10.0.